The molecule has 0 radical (unpaired) electrons. The highest BCUT2D eigenvalue weighted by atomic mass is 19.4. The van der Waals surface area contributed by atoms with E-state index in [-0.39, 0.29) is 12.2 Å². The van der Waals surface area contributed by atoms with Crippen LogP contribution in [0.1, 0.15) is 30.0 Å². The van der Waals surface area contributed by atoms with Crippen LogP contribution in [0.3, 0.4) is 0 Å². The van der Waals surface area contributed by atoms with Gasteiger partial charge in [-0.2, -0.15) is 13.2 Å². The van der Waals surface area contributed by atoms with Gasteiger partial charge in [-0.15, -0.1) is 5.10 Å². The first-order valence-corrected chi connectivity index (χ1v) is 9.94. The van der Waals surface area contributed by atoms with Crippen LogP contribution < -0.4 is 9.47 Å². The quantitative estimate of drug-likeness (QED) is 0.464. The first kappa shape index (κ1) is 23.1. The molecule has 0 spiro atoms. The molecule has 0 unspecified atom stereocenters. The van der Waals surface area contributed by atoms with Gasteiger partial charge in [-0.25, -0.2) is 9.67 Å². The summed E-state index contributed by atoms with van der Waals surface area (Å²) in [5.41, 5.74) is 0.596. The molecule has 10 heteroatoms. The number of carboxylic acids is 1. The van der Waals surface area contributed by atoms with Crippen LogP contribution in [-0.4, -0.2) is 39.1 Å². The molecule has 170 valence electrons. The Hall–Kier alpha value is -3.56. The number of hydrogen-bond donors (Lipinski definition) is 1. The minimum Gasteiger partial charge on any atom is -0.494 e. The van der Waals surface area contributed by atoms with Crippen molar-refractivity contribution in [1.29, 1.82) is 0 Å². The van der Waals surface area contributed by atoms with Gasteiger partial charge in [0.15, 0.2) is 5.82 Å². The fourth-order valence-electron chi connectivity index (χ4n) is 3.00. The molecule has 3 rings (SSSR count). The highest BCUT2D eigenvalue weighted by Gasteiger charge is 2.30. The average Bonchev–Trinajstić information content (AvgIpc) is 3.13. The number of carboxylic acid groups (broad SMARTS) is 1. The van der Waals surface area contributed by atoms with E-state index < -0.39 is 17.7 Å². The second-order valence-corrected chi connectivity index (χ2v) is 6.91. The number of pyridine rings is 1. The third-order valence-corrected chi connectivity index (χ3v) is 4.46. The Balaban J connectivity index is 1.63. The SMILES string of the molecule is CCOc1nn(-c2ccc(C(F)(F)F)cn2)cc1CCCOc1cccc(CC(=O)O)c1. The van der Waals surface area contributed by atoms with Crippen molar-refractivity contribution in [3.8, 4) is 17.4 Å². The third-order valence-electron chi connectivity index (χ3n) is 4.46. The number of nitrogens with zero attached hydrogens (tertiary/aromatic N) is 3. The van der Waals surface area contributed by atoms with Gasteiger partial charge in [0.05, 0.1) is 25.2 Å². The Kier molecular flexibility index (Phi) is 7.34. The first-order valence-electron chi connectivity index (χ1n) is 9.94. The molecule has 0 saturated heterocycles. The molecule has 0 aliphatic rings. The van der Waals surface area contributed by atoms with E-state index in [1.165, 1.54) is 10.7 Å². The molecule has 7 nitrogen and oxygen atoms in total. The average molecular weight is 449 g/mol. The van der Waals surface area contributed by atoms with Crippen LogP contribution >= 0.6 is 0 Å². The van der Waals surface area contributed by atoms with Gasteiger partial charge in [0.25, 0.3) is 0 Å². The normalized spacial score (nSPS) is 11.4. The molecule has 0 atom stereocenters. The van der Waals surface area contributed by atoms with E-state index in [0.29, 0.717) is 43.2 Å². The molecule has 0 bridgehead atoms. The first-order chi connectivity index (χ1) is 15.3. The molecule has 1 N–H and O–H groups in total. The Morgan fingerprint density at radius 1 is 1.19 bits per heavy atom. The number of ether oxygens (including phenoxy) is 2. The summed E-state index contributed by atoms with van der Waals surface area (Å²) in [4.78, 5) is 14.7. The van der Waals surface area contributed by atoms with Crippen LogP contribution in [0.2, 0.25) is 0 Å². The van der Waals surface area contributed by atoms with Crippen molar-refractivity contribution in [1.82, 2.24) is 14.8 Å². The highest BCUT2D eigenvalue weighted by Crippen LogP contribution is 2.29. The van der Waals surface area contributed by atoms with Gasteiger partial charge in [-0.3, -0.25) is 4.79 Å². The van der Waals surface area contributed by atoms with Crippen LogP contribution in [0.15, 0.2) is 48.8 Å². The summed E-state index contributed by atoms with van der Waals surface area (Å²) in [6.07, 6.45) is -0.909. The smallest absolute Gasteiger partial charge is 0.417 e. The summed E-state index contributed by atoms with van der Waals surface area (Å²) in [5, 5.41) is 13.2. The molecule has 0 fully saturated rings. The van der Waals surface area contributed by atoms with Gasteiger partial charge < -0.3 is 14.6 Å². The number of aryl methyl sites for hydroxylation is 1. The lowest BCUT2D eigenvalue weighted by atomic mass is 10.1. The summed E-state index contributed by atoms with van der Waals surface area (Å²) in [5.74, 6) is 0.304. The summed E-state index contributed by atoms with van der Waals surface area (Å²) < 4.78 is 50.9. The van der Waals surface area contributed by atoms with Crippen molar-refractivity contribution >= 4 is 5.97 Å². The van der Waals surface area contributed by atoms with E-state index in [1.54, 1.807) is 30.5 Å². The van der Waals surface area contributed by atoms with Crippen molar-refractivity contribution < 1.29 is 32.5 Å². The molecule has 0 amide bonds. The number of aliphatic carboxylic acids is 1. The number of benzene rings is 1. The van der Waals surface area contributed by atoms with Crippen LogP contribution in [-0.2, 0) is 23.8 Å². The van der Waals surface area contributed by atoms with Crippen LogP contribution in [0.5, 0.6) is 11.6 Å². The van der Waals surface area contributed by atoms with Gasteiger partial charge in [-0.1, -0.05) is 12.1 Å². The number of halogens is 3. The molecule has 3 aromatic rings. The molecule has 2 heterocycles. The monoisotopic (exact) mass is 449 g/mol. The van der Waals surface area contributed by atoms with E-state index in [4.69, 9.17) is 14.6 Å². The Morgan fingerprint density at radius 2 is 2.00 bits per heavy atom. The zero-order valence-corrected chi connectivity index (χ0v) is 17.3. The predicted molar refractivity (Wildman–Crippen MR) is 109 cm³/mol. The molecular formula is C22H22F3N3O4. The van der Waals surface area contributed by atoms with Crippen molar-refractivity contribution in [3.63, 3.8) is 0 Å². The third kappa shape index (κ3) is 6.22. The number of aromatic nitrogens is 3. The minimum atomic E-state index is -4.45. The number of carbonyl (C=O) groups is 1. The zero-order valence-electron chi connectivity index (χ0n) is 17.3. The summed E-state index contributed by atoms with van der Waals surface area (Å²) >= 11 is 0. The molecule has 0 aliphatic carbocycles. The largest absolute Gasteiger partial charge is 0.494 e. The molecule has 0 saturated carbocycles. The molecule has 32 heavy (non-hydrogen) atoms. The Bertz CT molecular complexity index is 1050. The van der Waals surface area contributed by atoms with Gasteiger partial charge >= 0.3 is 12.1 Å². The predicted octanol–water partition coefficient (Wildman–Crippen LogP) is 4.32. The second-order valence-electron chi connectivity index (χ2n) is 6.91. The Labute approximate surface area is 182 Å². The van der Waals surface area contributed by atoms with Crippen molar-refractivity contribution in [3.05, 3.63) is 65.5 Å². The zero-order chi connectivity index (χ0) is 23.1. The van der Waals surface area contributed by atoms with Crippen molar-refractivity contribution in [2.24, 2.45) is 0 Å². The van der Waals surface area contributed by atoms with E-state index in [1.807, 2.05) is 6.92 Å². The van der Waals surface area contributed by atoms with Gasteiger partial charge in [0.1, 0.15) is 5.75 Å². The van der Waals surface area contributed by atoms with E-state index in [0.717, 1.165) is 17.8 Å². The fourth-order valence-corrected chi connectivity index (χ4v) is 3.00. The minimum absolute atomic E-state index is 0.0773. The lowest BCUT2D eigenvalue weighted by molar-refractivity contribution is -0.138. The topological polar surface area (TPSA) is 86.5 Å². The van der Waals surface area contributed by atoms with Crippen LogP contribution in [0, 0.1) is 0 Å². The highest BCUT2D eigenvalue weighted by molar-refractivity contribution is 5.70. The Morgan fingerprint density at radius 3 is 2.66 bits per heavy atom. The second kappa shape index (κ2) is 10.2. The van der Waals surface area contributed by atoms with Crippen LogP contribution in [0.4, 0.5) is 13.2 Å². The molecule has 1 aromatic carbocycles. The summed E-state index contributed by atoms with van der Waals surface area (Å²) in [6, 6.07) is 9.11. The lowest BCUT2D eigenvalue weighted by Gasteiger charge is -2.07. The van der Waals surface area contributed by atoms with Gasteiger partial charge in [0.2, 0.25) is 5.88 Å². The number of alkyl halides is 3. The van der Waals surface area contributed by atoms with E-state index in [2.05, 4.69) is 10.1 Å². The van der Waals surface area contributed by atoms with E-state index in [9.17, 15) is 18.0 Å². The fraction of sp³-hybridized carbons (Fsp3) is 0.318. The molecule has 0 aliphatic heterocycles. The maximum atomic E-state index is 12.7. The molecule has 2 aromatic heterocycles. The maximum Gasteiger partial charge on any atom is 0.417 e. The summed E-state index contributed by atoms with van der Waals surface area (Å²) in [6.45, 7) is 2.58. The number of rotatable bonds is 10. The van der Waals surface area contributed by atoms with Crippen molar-refractivity contribution in [2.75, 3.05) is 13.2 Å². The lowest BCUT2D eigenvalue weighted by Crippen LogP contribution is -2.07. The standard InChI is InChI=1S/C22H22F3N3O4/c1-2-31-21-16(6-4-10-32-18-7-3-5-15(11-18)12-20(29)30)14-28(27-21)19-9-8-17(13-26-19)22(23,24)25/h3,5,7-9,11,13-14H,2,4,6,10,12H2,1H3,(H,29,30). The van der Waals surface area contributed by atoms with E-state index >= 15 is 0 Å². The number of hydrogen-bond acceptors (Lipinski definition) is 5. The molecular weight excluding hydrogens is 427 g/mol. The maximum absolute atomic E-state index is 12.7. The summed E-state index contributed by atoms with van der Waals surface area (Å²) in [7, 11) is 0. The van der Waals surface area contributed by atoms with Crippen LogP contribution in [0.25, 0.3) is 5.82 Å². The van der Waals surface area contributed by atoms with Gasteiger partial charge in [0, 0.05) is 18.0 Å². The van der Waals surface area contributed by atoms with Crippen molar-refractivity contribution in [2.45, 2.75) is 32.4 Å². The van der Waals surface area contributed by atoms with Gasteiger partial charge in [-0.05, 0) is 49.6 Å².